The fourth-order valence-corrected chi connectivity index (χ4v) is 2.64. The third-order valence-corrected chi connectivity index (χ3v) is 3.46. The average Bonchev–Trinajstić information content (AvgIpc) is 2.85. The van der Waals surface area contributed by atoms with Crippen LogP contribution in [0.2, 0.25) is 0 Å². The van der Waals surface area contributed by atoms with Crippen LogP contribution in [0, 0.1) is 5.82 Å². The van der Waals surface area contributed by atoms with Gasteiger partial charge in [0.15, 0.2) is 0 Å². The predicted octanol–water partition coefficient (Wildman–Crippen LogP) is 2.14. The minimum Gasteiger partial charge on any atom is -0.397 e. The van der Waals surface area contributed by atoms with Gasteiger partial charge in [-0.25, -0.2) is 4.39 Å². The molecule has 3 nitrogen and oxygen atoms in total. The molecule has 3 rings (SSSR count). The highest BCUT2D eigenvalue weighted by molar-refractivity contribution is 5.66. The van der Waals surface area contributed by atoms with Crippen LogP contribution in [0.4, 0.5) is 15.8 Å². The van der Waals surface area contributed by atoms with Crippen molar-refractivity contribution in [2.75, 3.05) is 11.1 Å². The fourth-order valence-electron chi connectivity index (χ4n) is 2.64. The first kappa shape index (κ1) is 9.90. The van der Waals surface area contributed by atoms with Crippen LogP contribution < -0.4 is 11.1 Å². The summed E-state index contributed by atoms with van der Waals surface area (Å²) in [5.74, 6) is -0.263. The van der Waals surface area contributed by atoms with Gasteiger partial charge in [0.05, 0.1) is 29.6 Å². The van der Waals surface area contributed by atoms with Gasteiger partial charge >= 0.3 is 0 Å². The van der Waals surface area contributed by atoms with E-state index in [9.17, 15) is 4.39 Å². The Kier molecular flexibility index (Phi) is 2.24. The zero-order valence-electron chi connectivity index (χ0n) is 8.95. The lowest BCUT2D eigenvalue weighted by atomic mass is 9.95. The number of nitrogen functional groups attached to an aromatic ring is 1. The van der Waals surface area contributed by atoms with Gasteiger partial charge in [0.1, 0.15) is 5.82 Å². The van der Waals surface area contributed by atoms with Crippen LogP contribution in [0.3, 0.4) is 0 Å². The van der Waals surface area contributed by atoms with Crippen molar-refractivity contribution in [3.05, 3.63) is 24.0 Å². The summed E-state index contributed by atoms with van der Waals surface area (Å²) in [5, 5.41) is 3.29. The molecule has 3 N–H and O–H groups in total. The van der Waals surface area contributed by atoms with Crippen LogP contribution in [-0.2, 0) is 4.74 Å². The number of hydrogen-bond acceptors (Lipinski definition) is 3. The van der Waals surface area contributed by atoms with Crippen LogP contribution in [0.25, 0.3) is 0 Å². The van der Waals surface area contributed by atoms with Crippen LogP contribution in [0.5, 0.6) is 0 Å². The van der Waals surface area contributed by atoms with Crippen molar-refractivity contribution in [3.63, 3.8) is 0 Å². The Labute approximate surface area is 93.8 Å². The van der Waals surface area contributed by atoms with Crippen LogP contribution >= 0.6 is 0 Å². The van der Waals surface area contributed by atoms with Crippen molar-refractivity contribution in [1.29, 1.82) is 0 Å². The molecule has 86 valence electrons. The first-order valence-electron chi connectivity index (χ1n) is 5.69. The van der Waals surface area contributed by atoms with Gasteiger partial charge in [0.25, 0.3) is 0 Å². The van der Waals surface area contributed by atoms with E-state index in [1.807, 2.05) is 0 Å². The lowest BCUT2D eigenvalue weighted by Crippen LogP contribution is -2.30. The van der Waals surface area contributed by atoms with E-state index >= 15 is 0 Å². The Bertz CT molecular complexity index is 410. The van der Waals surface area contributed by atoms with E-state index in [0.717, 1.165) is 19.3 Å². The third kappa shape index (κ3) is 1.63. The number of rotatable bonds is 2. The van der Waals surface area contributed by atoms with Gasteiger partial charge in [-0.1, -0.05) is 0 Å². The maximum absolute atomic E-state index is 13.1. The van der Waals surface area contributed by atoms with E-state index in [1.165, 1.54) is 12.1 Å². The second-order valence-corrected chi connectivity index (χ2v) is 4.59. The van der Waals surface area contributed by atoms with Crippen molar-refractivity contribution in [2.45, 2.75) is 37.5 Å². The quantitative estimate of drug-likeness (QED) is 0.754. The van der Waals surface area contributed by atoms with E-state index in [-0.39, 0.29) is 18.0 Å². The first-order chi connectivity index (χ1) is 7.72. The Morgan fingerprint density at radius 3 is 2.94 bits per heavy atom. The molecule has 0 aliphatic carbocycles. The zero-order valence-corrected chi connectivity index (χ0v) is 8.95. The highest BCUT2D eigenvalue weighted by Gasteiger charge is 2.40. The fraction of sp³-hybridized carbons (Fsp3) is 0.500. The van der Waals surface area contributed by atoms with E-state index in [0.29, 0.717) is 17.5 Å². The predicted molar refractivity (Wildman–Crippen MR) is 60.7 cm³/mol. The van der Waals surface area contributed by atoms with Gasteiger partial charge in [-0.15, -0.1) is 0 Å². The number of hydrogen-bond donors (Lipinski definition) is 2. The topological polar surface area (TPSA) is 47.3 Å². The minimum absolute atomic E-state index is 0.263. The van der Waals surface area contributed by atoms with Gasteiger partial charge < -0.3 is 15.8 Å². The molecule has 16 heavy (non-hydrogen) atoms. The summed E-state index contributed by atoms with van der Waals surface area (Å²) in [5.41, 5.74) is 7.06. The number of nitrogens with two attached hydrogens (primary N) is 1. The minimum atomic E-state index is -0.263. The van der Waals surface area contributed by atoms with Crippen molar-refractivity contribution >= 4 is 11.4 Å². The number of anilines is 2. The number of benzene rings is 1. The van der Waals surface area contributed by atoms with Gasteiger partial charge in [-0.05, 0) is 37.5 Å². The van der Waals surface area contributed by atoms with E-state index < -0.39 is 0 Å². The van der Waals surface area contributed by atoms with Gasteiger partial charge in [-0.3, -0.25) is 0 Å². The molecule has 0 saturated carbocycles. The molecule has 2 heterocycles. The molecule has 2 aliphatic heterocycles. The van der Waals surface area contributed by atoms with Crippen LogP contribution in [-0.4, -0.2) is 18.2 Å². The number of fused-ring (bicyclic) bond motifs is 2. The third-order valence-electron chi connectivity index (χ3n) is 3.46. The molecular weight excluding hydrogens is 207 g/mol. The largest absolute Gasteiger partial charge is 0.397 e. The Balaban J connectivity index is 1.76. The number of nitrogens with one attached hydrogen (secondary N) is 1. The molecule has 1 aromatic carbocycles. The standard InChI is InChI=1S/C12H15FN2O/c13-7-1-3-9(14)10(5-7)15-11-6-8-2-4-12(11)16-8/h1,3,5,8,11-12,15H,2,4,6,14H2. The highest BCUT2D eigenvalue weighted by atomic mass is 19.1. The van der Waals surface area contributed by atoms with E-state index in [4.69, 9.17) is 10.5 Å². The second-order valence-electron chi connectivity index (χ2n) is 4.59. The van der Waals surface area contributed by atoms with E-state index in [2.05, 4.69) is 5.32 Å². The lowest BCUT2D eigenvalue weighted by molar-refractivity contribution is 0.102. The summed E-state index contributed by atoms with van der Waals surface area (Å²) in [6.45, 7) is 0. The summed E-state index contributed by atoms with van der Waals surface area (Å²) in [6, 6.07) is 4.69. The molecule has 3 atom stereocenters. The summed E-state index contributed by atoms with van der Waals surface area (Å²) < 4.78 is 18.8. The molecule has 0 amide bonds. The van der Waals surface area contributed by atoms with Crippen molar-refractivity contribution in [3.8, 4) is 0 Å². The average molecular weight is 222 g/mol. The Morgan fingerprint density at radius 2 is 2.25 bits per heavy atom. The first-order valence-corrected chi connectivity index (χ1v) is 5.69. The van der Waals surface area contributed by atoms with Crippen molar-refractivity contribution in [2.24, 2.45) is 0 Å². The summed E-state index contributed by atoms with van der Waals surface area (Å²) >= 11 is 0. The molecule has 2 saturated heterocycles. The molecule has 2 fully saturated rings. The van der Waals surface area contributed by atoms with Crippen LogP contribution in [0.15, 0.2) is 18.2 Å². The molecule has 3 unspecified atom stereocenters. The molecule has 0 radical (unpaired) electrons. The molecular formula is C12H15FN2O. The molecule has 2 bridgehead atoms. The SMILES string of the molecule is Nc1ccc(F)cc1NC1CC2CCC1O2. The summed E-state index contributed by atoms with van der Waals surface area (Å²) in [6.07, 6.45) is 3.91. The van der Waals surface area contributed by atoms with E-state index in [1.54, 1.807) is 6.07 Å². The number of halogens is 1. The molecule has 1 aromatic rings. The van der Waals surface area contributed by atoms with Crippen molar-refractivity contribution in [1.82, 2.24) is 0 Å². The van der Waals surface area contributed by atoms with Gasteiger partial charge in [-0.2, -0.15) is 0 Å². The van der Waals surface area contributed by atoms with Crippen LogP contribution in [0.1, 0.15) is 19.3 Å². The molecule has 0 spiro atoms. The highest BCUT2D eigenvalue weighted by Crippen LogP contribution is 2.36. The smallest absolute Gasteiger partial charge is 0.125 e. The summed E-state index contributed by atoms with van der Waals surface area (Å²) in [4.78, 5) is 0. The molecule has 2 aliphatic rings. The number of ether oxygens (including phenoxy) is 1. The lowest BCUT2D eigenvalue weighted by Gasteiger charge is -2.22. The monoisotopic (exact) mass is 222 g/mol. The Hall–Kier alpha value is -1.29. The summed E-state index contributed by atoms with van der Waals surface area (Å²) in [7, 11) is 0. The van der Waals surface area contributed by atoms with Gasteiger partial charge in [0.2, 0.25) is 0 Å². The van der Waals surface area contributed by atoms with Gasteiger partial charge in [0, 0.05) is 0 Å². The van der Waals surface area contributed by atoms with Crippen molar-refractivity contribution < 1.29 is 9.13 Å². The Morgan fingerprint density at radius 1 is 1.38 bits per heavy atom. The normalized spacial score (nSPS) is 31.9. The maximum Gasteiger partial charge on any atom is 0.125 e. The second kappa shape index (κ2) is 3.63. The maximum atomic E-state index is 13.1. The molecule has 4 heteroatoms. The zero-order chi connectivity index (χ0) is 11.1. The molecule has 0 aromatic heterocycles.